The SMILES string of the molecule is CCCC/C=C/CCCCCCCC(=O)OC[C@H](CO[C@H]1O[C@H](CS(=O)(=O)O)[C@@H](O)C(O)C1O)OC(=O)CCCCCCC/C=C/CCCCCC. The van der Waals surface area contributed by atoms with Crippen LogP contribution in [0.1, 0.15) is 155 Å². The fraction of sp³-hybridized carbons (Fsp3) is 0.846. The maximum atomic E-state index is 12.7. The Morgan fingerprint density at radius 3 is 1.65 bits per heavy atom. The molecule has 1 fully saturated rings. The fourth-order valence-corrected chi connectivity index (χ4v) is 6.52. The van der Waals surface area contributed by atoms with Crippen molar-refractivity contribution in [2.45, 2.75) is 192 Å². The first-order valence-electron chi connectivity index (χ1n) is 19.9. The molecule has 52 heavy (non-hydrogen) atoms. The maximum absolute atomic E-state index is 12.7. The highest BCUT2D eigenvalue weighted by Crippen LogP contribution is 2.24. The van der Waals surface area contributed by atoms with E-state index in [0.29, 0.717) is 12.8 Å². The number of ether oxygens (including phenoxy) is 4. The zero-order chi connectivity index (χ0) is 38.5. The van der Waals surface area contributed by atoms with E-state index in [9.17, 15) is 37.9 Å². The number of aliphatic hydroxyl groups is 3. The molecule has 0 bridgehead atoms. The molecular weight excluding hydrogens is 692 g/mol. The van der Waals surface area contributed by atoms with Crippen LogP contribution in [0.2, 0.25) is 0 Å². The Labute approximate surface area is 313 Å². The third-order valence-electron chi connectivity index (χ3n) is 9.00. The van der Waals surface area contributed by atoms with Gasteiger partial charge < -0.3 is 34.3 Å². The number of rotatable bonds is 32. The number of allylic oxidation sites excluding steroid dienone is 4. The summed E-state index contributed by atoms with van der Waals surface area (Å²) in [5.74, 6) is -2.01. The molecule has 304 valence electrons. The lowest BCUT2D eigenvalue weighted by atomic mass is 10.00. The molecule has 0 spiro atoms. The Hall–Kier alpha value is -1.87. The summed E-state index contributed by atoms with van der Waals surface area (Å²) < 4.78 is 53.8. The zero-order valence-electron chi connectivity index (χ0n) is 31.9. The van der Waals surface area contributed by atoms with Gasteiger partial charge in [-0.25, -0.2) is 0 Å². The molecule has 1 rings (SSSR count). The first-order valence-corrected chi connectivity index (χ1v) is 21.5. The molecule has 1 aliphatic heterocycles. The number of esters is 2. The van der Waals surface area contributed by atoms with Crippen molar-refractivity contribution in [2.24, 2.45) is 0 Å². The Morgan fingerprint density at radius 2 is 1.12 bits per heavy atom. The summed E-state index contributed by atoms with van der Waals surface area (Å²) in [5, 5.41) is 30.7. The molecule has 0 saturated carbocycles. The Bertz CT molecular complexity index is 1080. The first kappa shape index (κ1) is 48.1. The van der Waals surface area contributed by atoms with Crippen molar-refractivity contribution >= 4 is 22.1 Å². The van der Waals surface area contributed by atoms with E-state index in [1.54, 1.807) is 0 Å². The van der Waals surface area contributed by atoms with Gasteiger partial charge >= 0.3 is 11.9 Å². The van der Waals surface area contributed by atoms with Gasteiger partial charge in [-0.3, -0.25) is 14.1 Å². The number of carbonyl (C=O) groups is 2. The van der Waals surface area contributed by atoms with E-state index in [0.717, 1.165) is 77.0 Å². The van der Waals surface area contributed by atoms with Gasteiger partial charge in [0.1, 0.15) is 36.8 Å². The molecule has 0 aliphatic carbocycles. The van der Waals surface area contributed by atoms with Gasteiger partial charge in [-0.15, -0.1) is 0 Å². The molecule has 2 unspecified atom stereocenters. The molecule has 0 amide bonds. The fourth-order valence-electron chi connectivity index (χ4n) is 5.83. The van der Waals surface area contributed by atoms with Gasteiger partial charge in [0, 0.05) is 12.8 Å². The Morgan fingerprint density at radius 1 is 0.635 bits per heavy atom. The van der Waals surface area contributed by atoms with Gasteiger partial charge in [0.15, 0.2) is 12.4 Å². The van der Waals surface area contributed by atoms with Crippen LogP contribution in [0.3, 0.4) is 0 Å². The molecule has 0 aromatic heterocycles. The van der Waals surface area contributed by atoms with Crippen LogP contribution in [-0.4, -0.2) is 96.0 Å². The van der Waals surface area contributed by atoms with Crippen LogP contribution in [0.15, 0.2) is 24.3 Å². The molecule has 0 radical (unpaired) electrons. The smallest absolute Gasteiger partial charge is 0.306 e. The number of carbonyl (C=O) groups excluding carboxylic acids is 2. The average molecular weight is 763 g/mol. The summed E-state index contributed by atoms with van der Waals surface area (Å²) in [6, 6.07) is 0. The van der Waals surface area contributed by atoms with Crippen molar-refractivity contribution in [2.75, 3.05) is 19.0 Å². The minimum absolute atomic E-state index is 0.153. The summed E-state index contributed by atoms with van der Waals surface area (Å²) in [4.78, 5) is 25.2. The highest BCUT2D eigenvalue weighted by atomic mass is 32.2. The monoisotopic (exact) mass is 762 g/mol. The molecule has 12 nitrogen and oxygen atoms in total. The van der Waals surface area contributed by atoms with Crippen molar-refractivity contribution in [3.8, 4) is 0 Å². The topological polar surface area (TPSA) is 186 Å². The van der Waals surface area contributed by atoms with Gasteiger partial charge in [-0.2, -0.15) is 8.42 Å². The Kier molecular flexibility index (Phi) is 28.2. The van der Waals surface area contributed by atoms with E-state index in [1.165, 1.54) is 38.5 Å². The van der Waals surface area contributed by atoms with E-state index in [2.05, 4.69) is 38.2 Å². The highest BCUT2D eigenvalue weighted by molar-refractivity contribution is 7.85. The van der Waals surface area contributed by atoms with Crippen molar-refractivity contribution in [1.29, 1.82) is 0 Å². The van der Waals surface area contributed by atoms with Crippen molar-refractivity contribution in [1.82, 2.24) is 0 Å². The second-order valence-electron chi connectivity index (χ2n) is 13.9. The number of hydrogen-bond acceptors (Lipinski definition) is 11. The Balaban J connectivity index is 2.53. The van der Waals surface area contributed by atoms with Crippen LogP contribution < -0.4 is 0 Å². The second kappa shape index (κ2) is 30.5. The van der Waals surface area contributed by atoms with Crippen molar-refractivity contribution in [3.05, 3.63) is 24.3 Å². The molecular formula is C39H70O12S. The average Bonchev–Trinajstić information content (AvgIpc) is 3.10. The molecule has 6 atom stereocenters. The van der Waals surface area contributed by atoms with E-state index < -0.39 is 71.2 Å². The molecule has 1 aliphatic rings. The second-order valence-corrected chi connectivity index (χ2v) is 15.4. The van der Waals surface area contributed by atoms with E-state index in [4.69, 9.17) is 18.9 Å². The molecule has 4 N–H and O–H groups in total. The van der Waals surface area contributed by atoms with Crippen LogP contribution in [-0.2, 0) is 38.7 Å². The van der Waals surface area contributed by atoms with Crippen LogP contribution in [0, 0.1) is 0 Å². The van der Waals surface area contributed by atoms with Crippen LogP contribution in [0.4, 0.5) is 0 Å². The van der Waals surface area contributed by atoms with E-state index in [-0.39, 0.29) is 19.4 Å². The van der Waals surface area contributed by atoms with Gasteiger partial charge in [0.2, 0.25) is 0 Å². The predicted molar refractivity (Wildman–Crippen MR) is 201 cm³/mol. The van der Waals surface area contributed by atoms with Gasteiger partial charge in [0.25, 0.3) is 10.1 Å². The van der Waals surface area contributed by atoms with E-state index >= 15 is 0 Å². The standard InChI is InChI=1S/C39H70O12S/c1-3-5-7-9-11-13-15-16-18-20-22-24-26-28-35(41)50-32(29-48-34(40)27-25-23-21-19-17-14-12-10-8-6-4-2)30-49-39-38(44)37(43)36(42)33(51-39)31-52(45,46)47/h10,12-13,15,32-33,36-39,42-44H,3-9,11,14,16-31H2,1-2H3,(H,45,46,47)/b12-10+,15-13+/t32-,33-,36-,37?,38?,39+/m1/s1. The van der Waals surface area contributed by atoms with Crippen molar-refractivity contribution < 1.29 is 56.8 Å². The third kappa shape index (κ3) is 25.2. The summed E-state index contributed by atoms with van der Waals surface area (Å²) >= 11 is 0. The normalized spacial score (nSPS) is 21.5. The lowest BCUT2D eigenvalue weighted by molar-refractivity contribution is -0.297. The van der Waals surface area contributed by atoms with Crippen molar-refractivity contribution in [3.63, 3.8) is 0 Å². The molecule has 0 aromatic carbocycles. The van der Waals surface area contributed by atoms with Gasteiger partial charge in [0.05, 0.1) is 6.61 Å². The minimum Gasteiger partial charge on any atom is -0.462 e. The summed E-state index contributed by atoms with van der Waals surface area (Å²) in [6.07, 6.45) is 20.9. The summed E-state index contributed by atoms with van der Waals surface area (Å²) in [5.41, 5.74) is 0. The molecule has 13 heteroatoms. The number of hydrogen-bond donors (Lipinski definition) is 4. The minimum atomic E-state index is -4.60. The first-order chi connectivity index (χ1) is 25.0. The number of unbranched alkanes of at least 4 members (excludes halogenated alkanes) is 16. The quantitative estimate of drug-likeness (QED) is 0.0241. The molecule has 1 heterocycles. The lowest BCUT2D eigenvalue weighted by Gasteiger charge is -2.40. The number of aliphatic hydroxyl groups excluding tert-OH is 3. The predicted octanol–water partition coefficient (Wildman–Crippen LogP) is 6.89. The maximum Gasteiger partial charge on any atom is 0.306 e. The zero-order valence-corrected chi connectivity index (χ0v) is 32.7. The van der Waals surface area contributed by atoms with E-state index in [1.807, 2.05) is 0 Å². The summed E-state index contributed by atoms with van der Waals surface area (Å²) in [7, 11) is -4.60. The van der Waals surface area contributed by atoms with Crippen LogP contribution >= 0.6 is 0 Å². The third-order valence-corrected chi connectivity index (χ3v) is 9.75. The van der Waals surface area contributed by atoms with Gasteiger partial charge in [-0.05, 0) is 57.8 Å². The molecule has 1 saturated heterocycles. The van der Waals surface area contributed by atoms with Crippen LogP contribution in [0.25, 0.3) is 0 Å². The largest absolute Gasteiger partial charge is 0.462 e. The summed E-state index contributed by atoms with van der Waals surface area (Å²) in [6.45, 7) is 3.66. The lowest BCUT2D eigenvalue weighted by Crippen LogP contribution is -2.60. The van der Waals surface area contributed by atoms with Crippen LogP contribution in [0.5, 0.6) is 0 Å². The van der Waals surface area contributed by atoms with Gasteiger partial charge in [-0.1, -0.05) is 109 Å². The highest BCUT2D eigenvalue weighted by Gasteiger charge is 2.46. The molecule has 0 aromatic rings.